The highest BCUT2D eigenvalue weighted by atomic mass is 35.5. The van der Waals surface area contributed by atoms with Crippen molar-refractivity contribution in [2.45, 2.75) is 12.5 Å². The molecule has 4 rings (SSSR count). The van der Waals surface area contributed by atoms with Crippen molar-refractivity contribution in [2.24, 2.45) is 0 Å². The maximum absolute atomic E-state index is 14.5. The average molecular weight is 443 g/mol. The fraction of sp³-hybridized carbons (Fsp3) is 0.280. The van der Waals surface area contributed by atoms with Crippen LogP contribution in [0.15, 0.2) is 72.8 Å². The fourth-order valence-electron chi connectivity index (χ4n) is 3.89. The number of benzene rings is 3. The third-order valence-corrected chi connectivity index (χ3v) is 5.94. The van der Waals surface area contributed by atoms with Crippen molar-refractivity contribution in [2.75, 3.05) is 37.6 Å². The molecule has 6 heteroatoms. The Kier molecular flexibility index (Phi) is 7.05. The Labute approximate surface area is 186 Å². The zero-order valence-electron chi connectivity index (χ0n) is 17.2. The Bertz CT molecular complexity index is 991. The van der Waals surface area contributed by atoms with Gasteiger partial charge in [-0.3, -0.25) is 4.90 Å². The van der Waals surface area contributed by atoms with E-state index in [2.05, 4.69) is 9.80 Å². The predicted molar refractivity (Wildman–Crippen MR) is 121 cm³/mol. The van der Waals surface area contributed by atoms with Crippen LogP contribution < -0.4 is 9.64 Å². The number of nitrogens with zero attached hydrogens (tertiary/aromatic N) is 2. The number of rotatable bonds is 7. The van der Waals surface area contributed by atoms with Crippen LogP contribution in [0.1, 0.15) is 18.1 Å². The van der Waals surface area contributed by atoms with Crippen LogP contribution in [-0.2, 0) is 0 Å². The minimum atomic E-state index is -0.434. The summed E-state index contributed by atoms with van der Waals surface area (Å²) in [6.45, 7) is 4.27. The minimum absolute atomic E-state index is 0.222. The molecule has 0 radical (unpaired) electrons. The van der Waals surface area contributed by atoms with E-state index in [-0.39, 0.29) is 11.6 Å². The lowest BCUT2D eigenvalue weighted by Crippen LogP contribution is -2.46. The summed E-state index contributed by atoms with van der Waals surface area (Å²) in [6, 6.07) is 20.6. The standard InChI is InChI=1S/C25H25ClF2N2O/c26-22-6-2-4-8-25(22)31-24(21-5-1-3-7-23(21)28)13-14-29-15-17-30(18-16-29)20-11-9-19(27)10-12-20/h1-12,24H,13-18H2. The Hall–Kier alpha value is -2.63. The molecule has 3 aromatic carbocycles. The Balaban J connectivity index is 1.39. The highest BCUT2D eigenvalue weighted by molar-refractivity contribution is 6.32. The van der Waals surface area contributed by atoms with Crippen molar-refractivity contribution in [3.05, 3.63) is 95.0 Å². The molecule has 0 bridgehead atoms. The van der Waals surface area contributed by atoms with E-state index in [9.17, 15) is 8.78 Å². The number of ether oxygens (including phenoxy) is 1. The first-order valence-electron chi connectivity index (χ1n) is 10.5. The van der Waals surface area contributed by atoms with Gasteiger partial charge < -0.3 is 9.64 Å². The van der Waals surface area contributed by atoms with Crippen molar-refractivity contribution in [1.82, 2.24) is 4.90 Å². The summed E-state index contributed by atoms with van der Waals surface area (Å²) in [5.41, 5.74) is 1.57. The van der Waals surface area contributed by atoms with Crippen LogP contribution in [0.5, 0.6) is 5.75 Å². The summed E-state index contributed by atoms with van der Waals surface area (Å²) in [5, 5.41) is 0.511. The smallest absolute Gasteiger partial charge is 0.138 e. The number of hydrogen-bond acceptors (Lipinski definition) is 3. The summed E-state index contributed by atoms with van der Waals surface area (Å²) in [7, 11) is 0. The van der Waals surface area contributed by atoms with E-state index in [0.717, 1.165) is 38.4 Å². The van der Waals surface area contributed by atoms with Gasteiger partial charge in [0.05, 0.1) is 5.02 Å². The molecule has 3 aromatic rings. The predicted octanol–water partition coefficient (Wildman–Crippen LogP) is 5.95. The molecule has 0 aliphatic carbocycles. The molecule has 1 aliphatic rings. The molecule has 162 valence electrons. The molecular formula is C25H25ClF2N2O. The molecule has 1 fully saturated rings. The van der Waals surface area contributed by atoms with Crippen LogP contribution in [0.2, 0.25) is 5.02 Å². The summed E-state index contributed by atoms with van der Waals surface area (Å²) in [6.07, 6.45) is 0.208. The summed E-state index contributed by atoms with van der Waals surface area (Å²) in [5.74, 6) is 0.0549. The van der Waals surface area contributed by atoms with E-state index >= 15 is 0 Å². The molecule has 1 saturated heterocycles. The van der Waals surface area contributed by atoms with Gasteiger partial charge >= 0.3 is 0 Å². The van der Waals surface area contributed by atoms with Crippen molar-refractivity contribution < 1.29 is 13.5 Å². The van der Waals surface area contributed by atoms with Crippen LogP contribution in [0.3, 0.4) is 0 Å². The quantitative estimate of drug-likeness (QED) is 0.449. The lowest BCUT2D eigenvalue weighted by molar-refractivity contribution is 0.157. The first-order valence-corrected chi connectivity index (χ1v) is 10.9. The summed E-state index contributed by atoms with van der Waals surface area (Å²) in [4.78, 5) is 4.61. The highest BCUT2D eigenvalue weighted by Crippen LogP contribution is 2.31. The van der Waals surface area contributed by atoms with E-state index < -0.39 is 6.10 Å². The van der Waals surface area contributed by atoms with Gasteiger partial charge in [0.25, 0.3) is 0 Å². The first-order chi connectivity index (χ1) is 15.1. The van der Waals surface area contributed by atoms with E-state index in [1.807, 2.05) is 30.3 Å². The number of halogens is 3. The SMILES string of the molecule is Fc1ccc(N2CCN(CCC(Oc3ccccc3Cl)c3ccccc3F)CC2)cc1. The second kappa shape index (κ2) is 10.1. The molecule has 1 atom stereocenters. The van der Waals surface area contributed by atoms with Gasteiger partial charge in [0.15, 0.2) is 0 Å². The fourth-order valence-corrected chi connectivity index (χ4v) is 4.07. The maximum Gasteiger partial charge on any atom is 0.138 e. The van der Waals surface area contributed by atoms with Gasteiger partial charge in [0, 0.05) is 50.4 Å². The van der Waals surface area contributed by atoms with Gasteiger partial charge in [-0.05, 0) is 42.5 Å². The number of anilines is 1. The zero-order chi connectivity index (χ0) is 21.6. The van der Waals surface area contributed by atoms with Gasteiger partial charge in [-0.25, -0.2) is 8.78 Å². The molecule has 0 N–H and O–H groups in total. The van der Waals surface area contributed by atoms with E-state index in [1.54, 1.807) is 24.3 Å². The topological polar surface area (TPSA) is 15.7 Å². The molecule has 0 amide bonds. The monoisotopic (exact) mass is 442 g/mol. The molecule has 1 unspecified atom stereocenters. The molecule has 1 aliphatic heterocycles. The zero-order valence-corrected chi connectivity index (χ0v) is 17.9. The Morgan fingerprint density at radius 3 is 2.23 bits per heavy atom. The largest absolute Gasteiger partial charge is 0.484 e. The van der Waals surface area contributed by atoms with Crippen LogP contribution in [0.25, 0.3) is 0 Å². The number of para-hydroxylation sites is 1. The number of hydrogen-bond donors (Lipinski definition) is 0. The van der Waals surface area contributed by atoms with E-state index in [4.69, 9.17) is 16.3 Å². The molecule has 0 spiro atoms. The minimum Gasteiger partial charge on any atom is -0.484 e. The second-order valence-electron chi connectivity index (χ2n) is 7.65. The third kappa shape index (κ3) is 5.54. The van der Waals surface area contributed by atoms with Crippen LogP contribution in [0, 0.1) is 11.6 Å². The molecule has 0 saturated carbocycles. The summed E-state index contributed by atoms with van der Waals surface area (Å²) < 4.78 is 33.8. The van der Waals surface area contributed by atoms with Gasteiger partial charge in [-0.2, -0.15) is 0 Å². The second-order valence-corrected chi connectivity index (χ2v) is 8.06. The van der Waals surface area contributed by atoms with E-state index in [1.165, 1.54) is 18.2 Å². The van der Waals surface area contributed by atoms with Crippen molar-refractivity contribution in [3.8, 4) is 5.75 Å². The molecular weight excluding hydrogens is 418 g/mol. The number of piperazine rings is 1. The lowest BCUT2D eigenvalue weighted by Gasteiger charge is -2.36. The van der Waals surface area contributed by atoms with E-state index in [0.29, 0.717) is 22.8 Å². The summed E-state index contributed by atoms with van der Waals surface area (Å²) >= 11 is 6.27. The van der Waals surface area contributed by atoms with Crippen molar-refractivity contribution in [1.29, 1.82) is 0 Å². The third-order valence-electron chi connectivity index (χ3n) is 5.63. The van der Waals surface area contributed by atoms with Crippen molar-refractivity contribution >= 4 is 17.3 Å². The van der Waals surface area contributed by atoms with Gasteiger partial charge in [-0.1, -0.05) is 41.9 Å². The first kappa shape index (κ1) is 21.6. The average Bonchev–Trinajstić information content (AvgIpc) is 2.79. The van der Waals surface area contributed by atoms with Crippen LogP contribution in [-0.4, -0.2) is 37.6 Å². The lowest BCUT2D eigenvalue weighted by atomic mass is 10.0. The molecule has 31 heavy (non-hydrogen) atoms. The van der Waals surface area contributed by atoms with Gasteiger partial charge in [0.1, 0.15) is 23.5 Å². The molecule has 1 heterocycles. The highest BCUT2D eigenvalue weighted by Gasteiger charge is 2.22. The Morgan fingerprint density at radius 2 is 1.52 bits per heavy atom. The van der Waals surface area contributed by atoms with Gasteiger partial charge in [0.2, 0.25) is 0 Å². The normalized spacial score (nSPS) is 15.6. The van der Waals surface area contributed by atoms with Gasteiger partial charge in [-0.15, -0.1) is 0 Å². The van der Waals surface area contributed by atoms with Crippen LogP contribution >= 0.6 is 11.6 Å². The maximum atomic E-state index is 14.5. The van der Waals surface area contributed by atoms with Crippen molar-refractivity contribution in [3.63, 3.8) is 0 Å². The molecule has 3 nitrogen and oxygen atoms in total. The van der Waals surface area contributed by atoms with Crippen LogP contribution in [0.4, 0.5) is 14.5 Å². The molecule has 0 aromatic heterocycles. The Morgan fingerprint density at radius 1 is 0.839 bits per heavy atom.